The molecule has 0 aliphatic heterocycles. The zero-order valence-electron chi connectivity index (χ0n) is 16.5. The van der Waals surface area contributed by atoms with Crippen LogP contribution >= 0.6 is 0 Å². The quantitative estimate of drug-likeness (QED) is 0.644. The van der Waals surface area contributed by atoms with Crippen LogP contribution in [0.3, 0.4) is 0 Å². The van der Waals surface area contributed by atoms with Crippen LogP contribution in [-0.2, 0) is 11.3 Å². The van der Waals surface area contributed by atoms with E-state index in [-0.39, 0.29) is 17.9 Å². The molecule has 1 aromatic heterocycles. The van der Waals surface area contributed by atoms with Crippen molar-refractivity contribution in [2.75, 3.05) is 11.9 Å². The Bertz CT molecular complexity index is 726. The molecular weight excluding hydrogens is 340 g/mol. The Kier molecular flexibility index (Phi) is 8.04. The smallest absolute Gasteiger partial charge is 0.254 e. The zero-order chi connectivity index (χ0) is 19.6. The second-order valence-corrected chi connectivity index (χ2v) is 6.98. The van der Waals surface area contributed by atoms with Gasteiger partial charge in [-0.15, -0.1) is 0 Å². The monoisotopic (exact) mass is 370 g/mol. The van der Waals surface area contributed by atoms with Crippen LogP contribution in [0.5, 0.6) is 0 Å². The van der Waals surface area contributed by atoms with Crippen LogP contribution in [-0.4, -0.2) is 38.9 Å². The van der Waals surface area contributed by atoms with Crippen molar-refractivity contribution < 1.29 is 9.59 Å². The molecule has 1 heterocycles. The third-order valence-electron chi connectivity index (χ3n) is 4.44. The highest BCUT2D eigenvalue weighted by molar-refractivity contribution is 5.97. The molecule has 0 radical (unpaired) electrons. The summed E-state index contributed by atoms with van der Waals surface area (Å²) in [7, 11) is 0. The number of aryl methyl sites for hydroxylation is 1. The summed E-state index contributed by atoms with van der Waals surface area (Å²) in [4.78, 5) is 30.9. The number of benzene rings is 1. The minimum Gasteiger partial charge on any atom is -0.337 e. The van der Waals surface area contributed by atoms with Gasteiger partial charge in [-0.05, 0) is 38.5 Å². The first-order chi connectivity index (χ1) is 13.0. The molecular formula is C21H30N4O2. The summed E-state index contributed by atoms with van der Waals surface area (Å²) in [5.74, 6) is -0.0763. The maximum absolute atomic E-state index is 12.9. The number of anilines is 1. The number of rotatable bonds is 10. The predicted octanol–water partition coefficient (Wildman–Crippen LogP) is 3.95. The SMILES string of the molecule is CCCCCN(C(=O)c1cccc(NC(=O)CCn2ccnc2)c1)C(C)C. The highest BCUT2D eigenvalue weighted by Gasteiger charge is 2.18. The lowest BCUT2D eigenvalue weighted by molar-refractivity contribution is -0.116. The average molecular weight is 370 g/mol. The fourth-order valence-electron chi connectivity index (χ4n) is 2.90. The van der Waals surface area contributed by atoms with Crippen LogP contribution in [0.25, 0.3) is 0 Å². The number of hydrogen-bond donors (Lipinski definition) is 1. The summed E-state index contributed by atoms with van der Waals surface area (Å²) in [5.41, 5.74) is 1.25. The fourth-order valence-corrected chi connectivity index (χ4v) is 2.90. The van der Waals surface area contributed by atoms with E-state index in [9.17, 15) is 9.59 Å². The highest BCUT2D eigenvalue weighted by atomic mass is 16.2. The van der Waals surface area contributed by atoms with Crippen molar-refractivity contribution in [2.24, 2.45) is 0 Å². The van der Waals surface area contributed by atoms with E-state index in [0.717, 1.165) is 25.8 Å². The van der Waals surface area contributed by atoms with E-state index in [1.54, 1.807) is 24.7 Å². The Morgan fingerprint density at radius 3 is 2.74 bits per heavy atom. The van der Waals surface area contributed by atoms with Crippen molar-refractivity contribution in [1.29, 1.82) is 0 Å². The first-order valence-electron chi connectivity index (χ1n) is 9.68. The van der Waals surface area contributed by atoms with Gasteiger partial charge in [-0.1, -0.05) is 25.8 Å². The molecule has 0 saturated heterocycles. The van der Waals surface area contributed by atoms with Crippen molar-refractivity contribution in [2.45, 2.75) is 59.0 Å². The third kappa shape index (κ3) is 6.55. The molecule has 146 valence electrons. The molecule has 0 unspecified atom stereocenters. The van der Waals surface area contributed by atoms with Gasteiger partial charge < -0.3 is 14.8 Å². The fraction of sp³-hybridized carbons (Fsp3) is 0.476. The van der Waals surface area contributed by atoms with Gasteiger partial charge in [-0.2, -0.15) is 0 Å². The molecule has 0 bridgehead atoms. The molecule has 6 nitrogen and oxygen atoms in total. The maximum atomic E-state index is 12.9. The van der Waals surface area contributed by atoms with Crippen LogP contribution in [0.1, 0.15) is 56.8 Å². The molecule has 0 spiro atoms. The molecule has 1 N–H and O–H groups in total. The van der Waals surface area contributed by atoms with Crippen LogP contribution in [0.2, 0.25) is 0 Å². The Balaban J connectivity index is 1.97. The molecule has 0 aliphatic rings. The summed E-state index contributed by atoms with van der Waals surface area (Å²) in [6, 6.07) is 7.32. The predicted molar refractivity (Wildman–Crippen MR) is 108 cm³/mol. The second-order valence-electron chi connectivity index (χ2n) is 6.98. The van der Waals surface area contributed by atoms with Crippen LogP contribution < -0.4 is 5.32 Å². The lowest BCUT2D eigenvalue weighted by Gasteiger charge is -2.27. The topological polar surface area (TPSA) is 67.2 Å². The number of aromatic nitrogens is 2. The number of hydrogen-bond acceptors (Lipinski definition) is 3. The molecule has 2 amide bonds. The van der Waals surface area contributed by atoms with E-state index in [2.05, 4.69) is 17.2 Å². The van der Waals surface area contributed by atoms with Gasteiger partial charge in [-0.25, -0.2) is 4.98 Å². The van der Waals surface area contributed by atoms with E-state index in [1.807, 2.05) is 41.6 Å². The molecule has 0 aliphatic carbocycles. The molecule has 6 heteroatoms. The van der Waals surface area contributed by atoms with E-state index < -0.39 is 0 Å². The largest absolute Gasteiger partial charge is 0.337 e. The Hall–Kier alpha value is -2.63. The summed E-state index contributed by atoms with van der Waals surface area (Å²) < 4.78 is 1.86. The normalized spacial score (nSPS) is 10.8. The van der Waals surface area contributed by atoms with Gasteiger partial charge in [0.05, 0.1) is 6.33 Å². The van der Waals surface area contributed by atoms with Crippen molar-refractivity contribution in [3.8, 4) is 0 Å². The minimum atomic E-state index is -0.0861. The van der Waals surface area contributed by atoms with Gasteiger partial charge in [0, 0.05) is 49.2 Å². The molecule has 2 aromatic rings. The van der Waals surface area contributed by atoms with Crippen molar-refractivity contribution in [1.82, 2.24) is 14.5 Å². The lowest BCUT2D eigenvalue weighted by atomic mass is 10.1. The highest BCUT2D eigenvalue weighted by Crippen LogP contribution is 2.15. The first-order valence-corrected chi connectivity index (χ1v) is 9.68. The zero-order valence-corrected chi connectivity index (χ0v) is 16.5. The summed E-state index contributed by atoms with van der Waals surface area (Å²) in [6.07, 6.45) is 8.80. The molecule has 0 fully saturated rings. The molecule has 1 aromatic carbocycles. The first kappa shape index (κ1) is 20.7. The maximum Gasteiger partial charge on any atom is 0.254 e. The van der Waals surface area contributed by atoms with Crippen molar-refractivity contribution in [3.63, 3.8) is 0 Å². The standard InChI is InChI=1S/C21H30N4O2/c1-4-5-6-12-25(17(2)3)21(27)18-8-7-9-19(15-18)23-20(26)10-13-24-14-11-22-16-24/h7-9,11,14-17H,4-6,10,12-13H2,1-3H3,(H,23,26). The number of carbonyl (C=O) groups excluding carboxylic acids is 2. The molecule has 2 rings (SSSR count). The average Bonchev–Trinajstić information content (AvgIpc) is 3.17. The number of carbonyl (C=O) groups is 2. The van der Waals surface area contributed by atoms with Crippen molar-refractivity contribution >= 4 is 17.5 Å². The van der Waals surface area contributed by atoms with Crippen molar-refractivity contribution in [3.05, 3.63) is 48.5 Å². The van der Waals surface area contributed by atoms with E-state index in [0.29, 0.717) is 24.2 Å². The van der Waals surface area contributed by atoms with E-state index in [1.165, 1.54) is 0 Å². The molecule has 27 heavy (non-hydrogen) atoms. The van der Waals surface area contributed by atoms with Gasteiger partial charge in [-0.3, -0.25) is 9.59 Å². The van der Waals surface area contributed by atoms with Gasteiger partial charge in [0.25, 0.3) is 5.91 Å². The van der Waals surface area contributed by atoms with Gasteiger partial charge >= 0.3 is 0 Å². The number of nitrogens with zero attached hydrogens (tertiary/aromatic N) is 3. The third-order valence-corrected chi connectivity index (χ3v) is 4.44. The lowest BCUT2D eigenvalue weighted by Crippen LogP contribution is -2.37. The van der Waals surface area contributed by atoms with E-state index in [4.69, 9.17) is 0 Å². The summed E-state index contributed by atoms with van der Waals surface area (Å²) in [5, 5.41) is 2.88. The number of amides is 2. The van der Waals surface area contributed by atoms with Gasteiger partial charge in [0.1, 0.15) is 0 Å². The molecule has 0 saturated carbocycles. The van der Waals surface area contributed by atoms with Crippen LogP contribution in [0.15, 0.2) is 43.0 Å². The van der Waals surface area contributed by atoms with Crippen LogP contribution in [0.4, 0.5) is 5.69 Å². The number of unbranched alkanes of at least 4 members (excludes halogenated alkanes) is 2. The minimum absolute atomic E-state index is 0.00983. The second kappa shape index (κ2) is 10.5. The van der Waals surface area contributed by atoms with Gasteiger partial charge in [0.15, 0.2) is 0 Å². The number of imidazole rings is 1. The summed E-state index contributed by atoms with van der Waals surface area (Å²) in [6.45, 7) is 7.55. The number of nitrogens with one attached hydrogen (secondary N) is 1. The Morgan fingerprint density at radius 2 is 2.07 bits per heavy atom. The van der Waals surface area contributed by atoms with Gasteiger partial charge in [0.2, 0.25) is 5.91 Å². The summed E-state index contributed by atoms with van der Waals surface area (Å²) >= 11 is 0. The molecule has 0 atom stereocenters. The van der Waals surface area contributed by atoms with Crippen LogP contribution in [0, 0.1) is 0 Å². The Labute approximate surface area is 161 Å². The van der Waals surface area contributed by atoms with E-state index >= 15 is 0 Å². The Morgan fingerprint density at radius 1 is 1.26 bits per heavy atom.